The summed E-state index contributed by atoms with van der Waals surface area (Å²) in [5.41, 5.74) is 1.49. The first-order chi connectivity index (χ1) is 7.27. The summed E-state index contributed by atoms with van der Waals surface area (Å²) in [5.74, 6) is 0.694. The van der Waals surface area contributed by atoms with Crippen LogP contribution in [0.3, 0.4) is 0 Å². The van der Waals surface area contributed by atoms with E-state index in [-0.39, 0.29) is 0 Å². The Labute approximate surface area is 97.1 Å². The molecule has 0 radical (unpaired) electrons. The SMILES string of the molecule is CCc1ccsc1CNCC(C)CNC. The minimum atomic E-state index is 0.694. The fraction of sp³-hybridized carbons (Fsp3) is 0.667. The smallest absolute Gasteiger partial charge is 0.0302 e. The van der Waals surface area contributed by atoms with Crippen LogP contribution in [0.25, 0.3) is 0 Å². The van der Waals surface area contributed by atoms with E-state index in [1.807, 2.05) is 18.4 Å². The average molecular weight is 226 g/mol. The summed E-state index contributed by atoms with van der Waals surface area (Å²) >= 11 is 1.86. The quantitative estimate of drug-likeness (QED) is 0.745. The van der Waals surface area contributed by atoms with Crippen molar-refractivity contribution in [3.05, 3.63) is 21.9 Å². The second kappa shape index (κ2) is 6.99. The van der Waals surface area contributed by atoms with Crippen LogP contribution >= 0.6 is 11.3 Å². The van der Waals surface area contributed by atoms with Crippen molar-refractivity contribution in [2.24, 2.45) is 5.92 Å². The lowest BCUT2D eigenvalue weighted by molar-refractivity contribution is 0.492. The summed E-state index contributed by atoms with van der Waals surface area (Å²) in [6.07, 6.45) is 1.15. The maximum Gasteiger partial charge on any atom is 0.0302 e. The van der Waals surface area contributed by atoms with Crippen molar-refractivity contribution >= 4 is 11.3 Å². The van der Waals surface area contributed by atoms with Crippen LogP contribution in [0.4, 0.5) is 0 Å². The molecule has 1 aromatic rings. The molecule has 1 heterocycles. The van der Waals surface area contributed by atoms with Crippen molar-refractivity contribution < 1.29 is 0 Å². The molecule has 1 unspecified atom stereocenters. The summed E-state index contributed by atoms with van der Waals surface area (Å²) < 4.78 is 0. The molecule has 1 atom stereocenters. The van der Waals surface area contributed by atoms with Crippen molar-refractivity contribution in [3.8, 4) is 0 Å². The molecule has 0 amide bonds. The zero-order chi connectivity index (χ0) is 11.1. The standard InChI is InChI=1S/C12H22N2S/c1-4-11-5-6-15-12(11)9-14-8-10(2)7-13-3/h5-6,10,13-14H,4,7-9H2,1-3H3. The Morgan fingerprint density at radius 3 is 2.87 bits per heavy atom. The highest BCUT2D eigenvalue weighted by Crippen LogP contribution is 2.16. The van der Waals surface area contributed by atoms with Gasteiger partial charge in [0.2, 0.25) is 0 Å². The molecule has 2 nitrogen and oxygen atoms in total. The normalized spacial score (nSPS) is 13.0. The topological polar surface area (TPSA) is 24.1 Å². The predicted molar refractivity (Wildman–Crippen MR) is 68.5 cm³/mol. The molecule has 1 aromatic heterocycles. The third-order valence-corrected chi connectivity index (χ3v) is 3.51. The van der Waals surface area contributed by atoms with E-state index in [0.717, 1.165) is 26.1 Å². The number of aryl methyl sites for hydroxylation is 1. The van der Waals surface area contributed by atoms with Gasteiger partial charge in [-0.25, -0.2) is 0 Å². The molecule has 86 valence electrons. The third kappa shape index (κ3) is 4.33. The van der Waals surface area contributed by atoms with Crippen LogP contribution in [0, 0.1) is 5.92 Å². The fourth-order valence-corrected chi connectivity index (χ4v) is 2.64. The second-order valence-corrected chi connectivity index (χ2v) is 5.02. The van der Waals surface area contributed by atoms with Crippen molar-refractivity contribution in [1.82, 2.24) is 10.6 Å². The van der Waals surface area contributed by atoms with Crippen molar-refractivity contribution in [2.75, 3.05) is 20.1 Å². The minimum Gasteiger partial charge on any atom is -0.319 e. The summed E-state index contributed by atoms with van der Waals surface area (Å²) in [6.45, 7) is 7.67. The molecule has 0 fully saturated rings. The van der Waals surface area contributed by atoms with Crippen molar-refractivity contribution in [3.63, 3.8) is 0 Å². The molecule has 15 heavy (non-hydrogen) atoms. The lowest BCUT2D eigenvalue weighted by Gasteiger charge is -2.11. The predicted octanol–water partition coefficient (Wildman–Crippen LogP) is 2.26. The molecule has 0 aliphatic carbocycles. The van der Waals surface area contributed by atoms with E-state index in [2.05, 4.69) is 35.9 Å². The molecule has 2 N–H and O–H groups in total. The Kier molecular flexibility index (Phi) is 5.91. The second-order valence-electron chi connectivity index (χ2n) is 4.02. The zero-order valence-corrected chi connectivity index (χ0v) is 10.8. The van der Waals surface area contributed by atoms with Crippen molar-refractivity contribution in [2.45, 2.75) is 26.8 Å². The maximum atomic E-state index is 3.52. The van der Waals surface area contributed by atoms with Gasteiger partial charge >= 0.3 is 0 Å². The van der Waals surface area contributed by atoms with Gasteiger partial charge in [-0.15, -0.1) is 11.3 Å². The summed E-state index contributed by atoms with van der Waals surface area (Å²) in [5, 5.41) is 8.90. The summed E-state index contributed by atoms with van der Waals surface area (Å²) in [6, 6.07) is 2.23. The van der Waals surface area contributed by atoms with Gasteiger partial charge < -0.3 is 10.6 Å². The van der Waals surface area contributed by atoms with Crippen LogP contribution < -0.4 is 10.6 Å². The van der Waals surface area contributed by atoms with Crippen LogP contribution in [0.15, 0.2) is 11.4 Å². The Morgan fingerprint density at radius 2 is 2.20 bits per heavy atom. The van der Waals surface area contributed by atoms with E-state index in [1.54, 1.807) is 0 Å². The molecule has 0 bridgehead atoms. The monoisotopic (exact) mass is 226 g/mol. The van der Waals surface area contributed by atoms with E-state index in [9.17, 15) is 0 Å². The van der Waals surface area contributed by atoms with Gasteiger partial charge in [0, 0.05) is 11.4 Å². The summed E-state index contributed by atoms with van der Waals surface area (Å²) in [4.78, 5) is 1.49. The van der Waals surface area contributed by atoms with Crippen LogP contribution in [-0.4, -0.2) is 20.1 Å². The lowest BCUT2D eigenvalue weighted by Crippen LogP contribution is -2.27. The first-order valence-corrected chi connectivity index (χ1v) is 6.56. The highest BCUT2D eigenvalue weighted by molar-refractivity contribution is 7.10. The largest absolute Gasteiger partial charge is 0.319 e. The average Bonchev–Trinajstić information content (AvgIpc) is 2.66. The van der Waals surface area contributed by atoms with Gasteiger partial charge in [-0.05, 0) is 49.5 Å². The third-order valence-electron chi connectivity index (χ3n) is 2.55. The van der Waals surface area contributed by atoms with Gasteiger partial charge in [-0.3, -0.25) is 0 Å². The number of nitrogens with one attached hydrogen (secondary N) is 2. The zero-order valence-electron chi connectivity index (χ0n) is 9.97. The van der Waals surface area contributed by atoms with Gasteiger partial charge in [0.15, 0.2) is 0 Å². The molecule has 1 rings (SSSR count). The lowest BCUT2D eigenvalue weighted by atomic mass is 10.1. The molecule has 0 aliphatic rings. The Morgan fingerprint density at radius 1 is 1.40 bits per heavy atom. The van der Waals surface area contributed by atoms with Crippen LogP contribution in [0.2, 0.25) is 0 Å². The first kappa shape index (κ1) is 12.7. The van der Waals surface area contributed by atoms with Gasteiger partial charge in [0.25, 0.3) is 0 Å². The van der Waals surface area contributed by atoms with E-state index in [0.29, 0.717) is 5.92 Å². The molecular weight excluding hydrogens is 204 g/mol. The highest BCUT2D eigenvalue weighted by atomic mass is 32.1. The van der Waals surface area contributed by atoms with E-state index < -0.39 is 0 Å². The molecule has 0 saturated carbocycles. The number of thiophene rings is 1. The van der Waals surface area contributed by atoms with Crippen LogP contribution in [0.5, 0.6) is 0 Å². The minimum absolute atomic E-state index is 0.694. The highest BCUT2D eigenvalue weighted by Gasteiger charge is 2.03. The van der Waals surface area contributed by atoms with E-state index >= 15 is 0 Å². The van der Waals surface area contributed by atoms with E-state index in [4.69, 9.17) is 0 Å². The molecule has 0 aromatic carbocycles. The van der Waals surface area contributed by atoms with Gasteiger partial charge in [0.05, 0.1) is 0 Å². The van der Waals surface area contributed by atoms with Gasteiger partial charge in [-0.1, -0.05) is 13.8 Å². The van der Waals surface area contributed by atoms with Crippen LogP contribution in [-0.2, 0) is 13.0 Å². The number of hydrogen-bond donors (Lipinski definition) is 2. The molecule has 3 heteroatoms. The van der Waals surface area contributed by atoms with Crippen molar-refractivity contribution in [1.29, 1.82) is 0 Å². The first-order valence-electron chi connectivity index (χ1n) is 5.68. The number of hydrogen-bond acceptors (Lipinski definition) is 3. The molecular formula is C12H22N2S. The van der Waals surface area contributed by atoms with Gasteiger partial charge in [0.1, 0.15) is 0 Å². The Hall–Kier alpha value is -0.380. The van der Waals surface area contributed by atoms with Gasteiger partial charge in [-0.2, -0.15) is 0 Å². The fourth-order valence-electron chi connectivity index (χ4n) is 1.69. The molecule has 0 saturated heterocycles. The Bertz CT molecular complexity index is 270. The Balaban J connectivity index is 2.25. The molecule has 0 aliphatic heterocycles. The molecule has 0 spiro atoms. The number of rotatable bonds is 7. The van der Waals surface area contributed by atoms with E-state index in [1.165, 1.54) is 10.4 Å². The van der Waals surface area contributed by atoms with Crippen LogP contribution in [0.1, 0.15) is 24.3 Å². The summed E-state index contributed by atoms with van der Waals surface area (Å²) in [7, 11) is 2.00. The maximum absolute atomic E-state index is 3.52.